The van der Waals surface area contributed by atoms with Crippen LogP contribution in [0.3, 0.4) is 0 Å². The van der Waals surface area contributed by atoms with Crippen molar-refractivity contribution in [2.45, 2.75) is 19.8 Å². The molecule has 0 aliphatic rings. The molecule has 0 bridgehead atoms. The molecule has 20 heavy (non-hydrogen) atoms. The van der Waals surface area contributed by atoms with Crippen LogP contribution in [0.2, 0.25) is 0 Å². The number of nitrogens with zero attached hydrogens (tertiary/aromatic N) is 1. The average molecular weight is 282 g/mol. The molecular formula is C17H18N2S. The number of anilines is 1. The van der Waals surface area contributed by atoms with Crippen molar-refractivity contribution in [2.75, 3.05) is 11.9 Å². The summed E-state index contributed by atoms with van der Waals surface area (Å²) in [6, 6.07) is 16.8. The Hall–Kier alpha value is -1.87. The first-order valence-electron chi connectivity index (χ1n) is 7.06. The molecule has 0 unspecified atom stereocenters. The Kier molecular flexibility index (Phi) is 3.97. The number of thiazole rings is 1. The second-order valence-corrected chi connectivity index (χ2v) is 5.88. The summed E-state index contributed by atoms with van der Waals surface area (Å²) in [6.45, 7) is 3.23. The molecule has 0 saturated carbocycles. The van der Waals surface area contributed by atoms with E-state index in [1.807, 2.05) is 6.07 Å². The number of hydrogen-bond donors (Lipinski definition) is 1. The highest BCUT2D eigenvalue weighted by Crippen LogP contribution is 2.31. The van der Waals surface area contributed by atoms with Crippen LogP contribution in [-0.4, -0.2) is 11.5 Å². The summed E-state index contributed by atoms with van der Waals surface area (Å²) in [6.07, 6.45) is 2.41. The summed E-state index contributed by atoms with van der Waals surface area (Å²) in [5.74, 6) is 0. The lowest BCUT2D eigenvalue weighted by atomic mass is 10.2. The number of fused-ring (bicyclic) bond motifs is 1. The van der Waals surface area contributed by atoms with Crippen molar-refractivity contribution in [2.24, 2.45) is 0 Å². The quantitative estimate of drug-likeness (QED) is 0.653. The molecule has 1 N–H and O–H groups in total. The number of benzene rings is 2. The standard InChI is InChI=1S/C17H18N2S/c1-2-3-11-18-14-9-10-16-15(12-14)19-17(20-16)13-7-5-4-6-8-13/h4-10,12,18H,2-3,11H2,1H3. The third-order valence-corrected chi connectivity index (χ3v) is 4.35. The summed E-state index contributed by atoms with van der Waals surface area (Å²) < 4.78 is 1.24. The molecule has 1 aromatic heterocycles. The van der Waals surface area contributed by atoms with Crippen LogP contribution in [0.1, 0.15) is 19.8 Å². The topological polar surface area (TPSA) is 24.9 Å². The molecule has 3 rings (SSSR count). The molecule has 3 heteroatoms. The molecule has 0 aliphatic carbocycles. The minimum Gasteiger partial charge on any atom is -0.385 e. The van der Waals surface area contributed by atoms with Gasteiger partial charge in [-0.15, -0.1) is 11.3 Å². The largest absolute Gasteiger partial charge is 0.385 e. The van der Waals surface area contributed by atoms with Crippen molar-refractivity contribution >= 4 is 27.2 Å². The second-order valence-electron chi connectivity index (χ2n) is 4.85. The van der Waals surface area contributed by atoms with Crippen molar-refractivity contribution in [3.63, 3.8) is 0 Å². The zero-order valence-corrected chi connectivity index (χ0v) is 12.4. The van der Waals surface area contributed by atoms with E-state index in [4.69, 9.17) is 4.98 Å². The van der Waals surface area contributed by atoms with Crippen LogP contribution in [0, 0.1) is 0 Å². The summed E-state index contributed by atoms with van der Waals surface area (Å²) in [4.78, 5) is 4.75. The minimum absolute atomic E-state index is 1.03. The normalized spacial score (nSPS) is 10.8. The Balaban J connectivity index is 1.88. The molecule has 3 aromatic rings. The van der Waals surface area contributed by atoms with Crippen molar-refractivity contribution in [3.8, 4) is 10.6 Å². The van der Waals surface area contributed by atoms with Crippen LogP contribution in [0.25, 0.3) is 20.8 Å². The van der Waals surface area contributed by atoms with Crippen molar-refractivity contribution in [3.05, 3.63) is 48.5 Å². The van der Waals surface area contributed by atoms with E-state index in [9.17, 15) is 0 Å². The number of hydrogen-bond acceptors (Lipinski definition) is 3. The second kappa shape index (κ2) is 6.06. The van der Waals surface area contributed by atoms with Gasteiger partial charge in [-0.1, -0.05) is 43.7 Å². The summed E-state index contributed by atoms with van der Waals surface area (Å²) in [7, 11) is 0. The van der Waals surface area contributed by atoms with Gasteiger partial charge in [0.15, 0.2) is 0 Å². The zero-order chi connectivity index (χ0) is 13.8. The van der Waals surface area contributed by atoms with Gasteiger partial charge in [-0.2, -0.15) is 0 Å². The van der Waals surface area contributed by atoms with E-state index in [2.05, 4.69) is 54.7 Å². The van der Waals surface area contributed by atoms with E-state index in [1.165, 1.54) is 23.1 Å². The molecule has 0 spiro atoms. The van der Waals surface area contributed by atoms with Gasteiger partial charge < -0.3 is 5.32 Å². The third-order valence-electron chi connectivity index (χ3n) is 3.27. The first kappa shape index (κ1) is 13.1. The fourth-order valence-electron chi connectivity index (χ4n) is 2.15. The molecule has 0 amide bonds. The van der Waals surface area contributed by atoms with Gasteiger partial charge in [0.2, 0.25) is 0 Å². The predicted octanol–water partition coefficient (Wildman–Crippen LogP) is 5.18. The maximum Gasteiger partial charge on any atom is 0.124 e. The lowest BCUT2D eigenvalue weighted by molar-refractivity contribution is 0.834. The lowest BCUT2D eigenvalue weighted by Crippen LogP contribution is -2.00. The van der Waals surface area contributed by atoms with E-state index in [-0.39, 0.29) is 0 Å². The Labute approximate surface area is 123 Å². The first-order valence-corrected chi connectivity index (χ1v) is 7.88. The van der Waals surface area contributed by atoms with Crippen LogP contribution < -0.4 is 5.32 Å². The number of unbranched alkanes of at least 4 members (excludes halogenated alkanes) is 1. The molecule has 2 aromatic carbocycles. The van der Waals surface area contributed by atoms with E-state index < -0.39 is 0 Å². The molecule has 1 heterocycles. The number of nitrogens with one attached hydrogen (secondary N) is 1. The van der Waals surface area contributed by atoms with Crippen LogP contribution in [0.15, 0.2) is 48.5 Å². The molecule has 102 valence electrons. The summed E-state index contributed by atoms with van der Waals surface area (Å²) in [5.41, 5.74) is 3.43. The molecular weight excluding hydrogens is 264 g/mol. The van der Waals surface area contributed by atoms with Crippen LogP contribution in [0.4, 0.5) is 5.69 Å². The maximum absolute atomic E-state index is 4.75. The maximum atomic E-state index is 4.75. The smallest absolute Gasteiger partial charge is 0.124 e. The van der Waals surface area contributed by atoms with Gasteiger partial charge in [0.05, 0.1) is 10.2 Å². The Bertz CT molecular complexity index is 689. The minimum atomic E-state index is 1.03. The van der Waals surface area contributed by atoms with Gasteiger partial charge in [0, 0.05) is 17.8 Å². The fourth-order valence-corrected chi connectivity index (χ4v) is 3.10. The highest BCUT2D eigenvalue weighted by atomic mass is 32.1. The Morgan fingerprint density at radius 1 is 1.10 bits per heavy atom. The molecule has 0 aliphatic heterocycles. The molecule has 0 atom stereocenters. The Morgan fingerprint density at radius 2 is 1.95 bits per heavy atom. The summed E-state index contributed by atoms with van der Waals surface area (Å²) >= 11 is 1.75. The van der Waals surface area contributed by atoms with Gasteiger partial charge >= 0.3 is 0 Å². The predicted molar refractivity (Wildman–Crippen MR) is 88.5 cm³/mol. The Morgan fingerprint density at radius 3 is 2.75 bits per heavy atom. The van der Waals surface area contributed by atoms with E-state index in [1.54, 1.807) is 11.3 Å². The SMILES string of the molecule is CCCCNc1ccc2sc(-c3ccccc3)nc2c1. The molecule has 2 nitrogen and oxygen atoms in total. The molecule has 0 saturated heterocycles. The average Bonchev–Trinajstić information content (AvgIpc) is 2.92. The molecule has 0 radical (unpaired) electrons. The van der Waals surface area contributed by atoms with Crippen molar-refractivity contribution < 1.29 is 0 Å². The monoisotopic (exact) mass is 282 g/mol. The molecule has 0 fully saturated rings. The van der Waals surface area contributed by atoms with Gasteiger partial charge in [-0.25, -0.2) is 4.98 Å². The third kappa shape index (κ3) is 2.83. The lowest BCUT2D eigenvalue weighted by Gasteiger charge is -2.04. The van der Waals surface area contributed by atoms with Gasteiger partial charge in [-0.05, 0) is 24.6 Å². The van der Waals surface area contributed by atoms with Crippen LogP contribution >= 0.6 is 11.3 Å². The van der Waals surface area contributed by atoms with Gasteiger partial charge in [0.25, 0.3) is 0 Å². The van der Waals surface area contributed by atoms with Crippen LogP contribution in [0.5, 0.6) is 0 Å². The highest BCUT2D eigenvalue weighted by molar-refractivity contribution is 7.21. The van der Waals surface area contributed by atoms with Gasteiger partial charge in [-0.3, -0.25) is 0 Å². The van der Waals surface area contributed by atoms with Crippen molar-refractivity contribution in [1.29, 1.82) is 0 Å². The first-order chi connectivity index (χ1) is 9.86. The number of rotatable bonds is 5. The van der Waals surface area contributed by atoms with E-state index in [0.29, 0.717) is 0 Å². The number of aromatic nitrogens is 1. The summed E-state index contributed by atoms with van der Waals surface area (Å²) in [5, 5.41) is 4.54. The van der Waals surface area contributed by atoms with E-state index >= 15 is 0 Å². The van der Waals surface area contributed by atoms with Gasteiger partial charge in [0.1, 0.15) is 5.01 Å². The zero-order valence-electron chi connectivity index (χ0n) is 11.6. The van der Waals surface area contributed by atoms with E-state index in [0.717, 1.165) is 22.8 Å². The van der Waals surface area contributed by atoms with Crippen LogP contribution in [-0.2, 0) is 0 Å². The fraction of sp³-hybridized carbons (Fsp3) is 0.235. The highest BCUT2D eigenvalue weighted by Gasteiger charge is 2.06. The van der Waals surface area contributed by atoms with Crippen molar-refractivity contribution in [1.82, 2.24) is 4.98 Å².